The minimum absolute atomic E-state index is 0.137. The Kier molecular flexibility index (Phi) is 4.49. The molecule has 2 aromatic rings. The zero-order valence-electron chi connectivity index (χ0n) is 11.1. The van der Waals surface area contributed by atoms with Gasteiger partial charge in [0, 0.05) is 31.0 Å². The zero-order valence-corrected chi connectivity index (χ0v) is 11.1. The van der Waals surface area contributed by atoms with E-state index >= 15 is 0 Å². The van der Waals surface area contributed by atoms with E-state index in [2.05, 4.69) is 15.2 Å². The van der Waals surface area contributed by atoms with Crippen LogP contribution in [0.25, 0.3) is 0 Å². The summed E-state index contributed by atoms with van der Waals surface area (Å²) in [4.78, 5) is 23.2. The van der Waals surface area contributed by atoms with Crippen LogP contribution in [0.4, 0.5) is 5.69 Å². The summed E-state index contributed by atoms with van der Waals surface area (Å²) < 4.78 is 6.31. The molecule has 20 heavy (non-hydrogen) atoms. The number of anilines is 1. The van der Waals surface area contributed by atoms with Crippen LogP contribution in [-0.4, -0.2) is 28.8 Å². The minimum Gasteiger partial charge on any atom is -0.465 e. The Bertz CT molecular complexity index is 593. The van der Waals surface area contributed by atoms with E-state index in [9.17, 15) is 9.59 Å². The molecule has 1 aromatic heterocycles. The Hall–Kier alpha value is -2.63. The molecular weight excluding hydrogens is 258 g/mol. The largest absolute Gasteiger partial charge is 0.465 e. The maximum atomic E-state index is 11.8. The topological polar surface area (TPSA) is 73.2 Å². The van der Waals surface area contributed by atoms with Crippen molar-refractivity contribution >= 4 is 17.6 Å². The number of rotatable bonds is 5. The summed E-state index contributed by atoms with van der Waals surface area (Å²) in [7, 11) is 1.32. The van der Waals surface area contributed by atoms with Gasteiger partial charge in [0.25, 0.3) is 0 Å². The molecule has 6 nitrogen and oxygen atoms in total. The quantitative estimate of drug-likeness (QED) is 0.841. The van der Waals surface area contributed by atoms with Crippen molar-refractivity contribution in [1.82, 2.24) is 9.78 Å². The third-order valence-corrected chi connectivity index (χ3v) is 2.69. The Morgan fingerprint density at radius 1 is 1.35 bits per heavy atom. The monoisotopic (exact) mass is 273 g/mol. The molecule has 1 amide bonds. The molecule has 0 atom stereocenters. The summed E-state index contributed by atoms with van der Waals surface area (Å²) in [5, 5.41) is 6.75. The first-order valence-corrected chi connectivity index (χ1v) is 6.14. The summed E-state index contributed by atoms with van der Waals surface area (Å²) in [6.45, 7) is 0.509. The number of nitrogens with zero attached hydrogens (tertiary/aromatic N) is 2. The first-order valence-electron chi connectivity index (χ1n) is 6.14. The van der Waals surface area contributed by atoms with Crippen molar-refractivity contribution in [3.8, 4) is 0 Å². The third kappa shape index (κ3) is 3.68. The molecule has 1 N–H and O–H groups in total. The summed E-state index contributed by atoms with van der Waals surface area (Å²) in [5.74, 6) is -0.569. The number of aryl methyl sites for hydroxylation is 1. The number of benzene rings is 1. The van der Waals surface area contributed by atoms with Crippen molar-refractivity contribution in [2.75, 3.05) is 12.4 Å². The lowest BCUT2D eigenvalue weighted by molar-refractivity contribution is -0.116. The lowest BCUT2D eigenvalue weighted by Crippen LogP contribution is -2.15. The van der Waals surface area contributed by atoms with Gasteiger partial charge in [0.2, 0.25) is 5.91 Å². The molecule has 0 fully saturated rings. The second-order valence-electron chi connectivity index (χ2n) is 4.14. The normalized spacial score (nSPS) is 10.1. The van der Waals surface area contributed by atoms with E-state index in [1.807, 2.05) is 0 Å². The maximum absolute atomic E-state index is 11.8. The summed E-state index contributed by atoms with van der Waals surface area (Å²) >= 11 is 0. The lowest BCUT2D eigenvalue weighted by Gasteiger charge is -2.07. The van der Waals surface area contributed by atoms with Crippen LogP contribution in [-0.2, 0) is 16.1 Å². The predicted molar refractivity (Wildman–Crippen MR) is 73.3 cm³/mol. The van der Waals surface area contributed by atoms with Crippen molar-refractivity contribution in [3.63, 3.8) is 0 Å². The fourth-order valence-electron chi connectivity index (χ4n) is 1.71. The maximum Gasteiger partial charge on any atom is 0.337 e. The van der Waals surface area contributed by atoms with Gasteiger partial charge >= 0.3 is 5.97 Å². The summed E-state index contributed by atoms with van der Waals surface area (Å²) in [6.07, 6.45) is 3.77. The lowest BCUT2D eigenvalue weighted by atomic mass is 10.2. The smallest absolute Gasteiger partial charge is 0.337 e. The number of ether oxygens (including phenoxy) is 1. The van der Waals surface area contributed by atoms with Crippen molar-refractivity contribution in [3.05, 3.63) is 48.3 Å². The molecule has 2 rings (SSSR count). The van der Waals surface area contributed by atoms with E-state index in [4.69, 9.17) is 0 Å². The van der Waals surface area contributed by atoms with Gasteiger partial charge in [-0.25, -0.2) is 4.79 Å². The summed E-state index contributed by atoms with van der Waals surface area (Å²) in [5.41, 5.74) is 0.968. The number of amides is 1. The molecule has 0 radical (unpaired) electrons. The van der Waals surface area contributed by atoms with Gasteiger partial charge in [-0.15, -0.1) is 0 Å². The number of hydrogen-bond acceptors (Lipinski definition) is 4. The van der Waals surface area contributed by atoms with E-state index < -0.39 is 5.97 Å². The Morgan fingerprint density at radius 2 is 2.20 bits per heavy atom. The van der Waals surface area contributed by atoms with Crippen molar-refractivity contribution in [2.45, 2.75) is 13.0 Å². The third-order valence-electron chi connectivity index (χ3n) is 2.69. The number of esters is 1. The fraction of sp³-hybridized carbons (Fsp3) is 0.214. The van der Waals surface area contributed by atoms with E-state index in [0.717, 1.165) is 0 Å². The van der Waals surface area contributed by atoms with Crippen LogP contribution in [0, 0.1) is 0 Å². The number of carbonyl (C=O) groups excluding carboxylic acids is 2. The van der Waals surface area contributed by atoms with E-state index in [-0.39, 0.29) is 5.91 Å². The predicted octanol–water partition coefficient (Wildman–Crippen LogP) is 1.70. The molecule has 0 aliphatic heterocycles. The van der Waals surface area contributed by atoms with Gasteiger partial charge in [0.15, 0.2) is 0 Å². The van der Waals surface area contributed by atoms with Gasteiger partial charge in [0.1, 0.15) is 0 Å². The van der Waals surface area contributed by atoms with Crippen LogP contribution in [0.1, 0.15) is 16.8 Å². The van der Waals surface area contributed by atoms with Gasteiger partial charge < -0.3 is 10.1 Å². The SMILES string of the molecule is COC(=O)c1cccc(NC(=O)CCn2cccn2)c1. The number of hydrogen-bond donors (Lipinski definition) is 1. The molecule has 104 valence electrons. The van der Waals surface area contributed by atoms with Crippen LogP contribution in [0.15, 0.2) is 42.7 Å². The highest BCUT2D eigenvalue weighted by molar-refractivity contribution is 5.94. The van der Waals surface area contributed by atoms with Gasteiger partial charge in [-0.1, -0.05) is 6.07 Å². The van der Waals surface area contributed by atoms with E-state index in [0.29, 0.717) is 24.2 Å². The van der Waals surface area contributed by atoms with Crippen LogP contribution in [0.2, 0.25) is 0 Å². The highest BCUT2D eigenvalue weighted by atomic mass is 16.5. The first kappa shape index (κ1) is 13.8. The molecule has 0 saturated heterocycles. The molecule has 0 aliphatic rings. The van der Waals surface area contributed by atoms with Gasteiger partial charge in [0.05, 0.1) is 12.7 Å². The summed E-state index contributed by atoms with van der Waals surface area (Å²) in [6, 6.07) is 8.42. The molecule has 6 heteroatoms. The Balaban J connectivity index is 1.92. The Labute approximate surface area is 116 Å². The fourth-order valence-corrected chi connectivity index (χ4v) is 1.71. The standard InChI is InChI=1S/C14H15N3O3/c1-20-14(19)11-4-2-5-12(10-11)16-13(18)6-9-17-8-3-7-15-17/h2-5,7-8,10H,6,9H2,1H3,(H,16,18). The second-order valence-corrected chi connectivity index (χ2v) is 4.14. The molecule has 0 spiro atoms. The molecule has 0 saturated carbocycles. The second kappa shape index (κ2) is 6.51. The van der Waals surface area contributed by atoms with Crippen molar-refractivity contribution in [1.29, 1.82) is 0 Å². The van der Waals surface area contributed by atoms with Crippen molar-refractivity contribution < 1.29 is 14.3 Å². The van der Waals surface area contributed by atoms with Crippen LogP contribution >= 0.6 is 0 Å². The van der Waals surface area contributed by atoms with Crippen LogP contribution in [0.5, 0.6) is 0 Å². The van der Waals surface area contributed by atoms with Crippen molar-refractivity contribution in [2.24, 2.45) is 0 Å². The minimum atomic E-state index is -0.433. The average Bonchev–Trinajstić information content (AvgIpc) is 2.98. The highest BCUT2D eigenvalue weighted by Crippen LogP contribution is 2.12. The Morgan fingerprint density at radius 3 is 2.90 bits per heavy atom. The van der Waals surface area contributed by atoms with Gasteiger partial charge in [-0.05, 0) is 24.3 Å². The van der Waals surface area contributed by atoms with Crippen LogP contribution < -0.4 is 5.32 Å². The number of carbonyl (C=O) groups is 2. The average molecular weight is 273 g/mol. The number of aromatic nitrogens is 2. The molecule has 0 unspecified atom stereocenters. The van der Waals surface area contributed by atoms with Crippen LogP contribution in [0.3, 0.4) is 0 Å². The molecular formula is C14H15N3O3. The van der Waals surface area contributed by atoms with E-state index in [1.54, 1.807) is 47.4 Å². The highest BCUT2D eigenvalue weighted by Gasteiger charge is 2.07. The number of methoxy groups -OCH3 is 1. The molecule has 0 aliphatic carbocycles. The zero-order chi connectivity index (χ0) is 14.4. The molecule has 1 heterocycles. The van der Waals surface area contributed by atoms with Gasteiger partial charge in [-0.3, -0.25) is 9.48 Å². The molecule has 0 bridgehead atoms. The number of nitrogens with one attached hydrogen (secondary N) is 1. The molecule has 1 aromatic carbocycles. The van der Waals surface area contributed by atoms with E-state index in [1.165, 1.54) is 7.11 Å². The first-order chi connectivity index (χ1) is 9.69. The van der Waals surface area contributed by atoms with Gasteiger partial charge in [-0.2, -0.15) is 5.10 Å².